The number of aliphatic hydroxyl groups is 1. The first-order valence-corrected chi connectivity index (χ1v) is 12.6. The Morgan fingerprint density at radius 2 is 1.97 bits per heavy atom. The van der Waals surface area contributed by atoms with Crippen molar-refractivity contribution in [3.63, 3.8) is 0 Å². The molecule has 1 saturated carbocycles. The number of fused-ring (bicyclic) bond motifs is 3. The lowest BCUT2D eigenvalue weighted by Gasteiger charge is -2.37. The van der Waals surface area contributed by atoms with Gasteiger partial charge in [-0.1, -0.05) is 11.6 Å². The molecule has 0 bridgehead atoms. The molecule has 2 N–H and O–H groups in total. The molecule has 1 aliphatic carbocycles. The number of aromatic nitrogens is 3. The van der Waals surface area contributed by atoms with Gasteiger partial charge in [-0.15, -0.1) is 0 Å². The van der Waals surface area contributed by atoms with E-state index in [0.717, 1.165) is 17.3 Å². The molecule has 1 aromatic carbocycles. The molecule has 1 saturated heterocycles. The van der Waals surface area contributed by atoms with Crippen molar-refractivity contribution in [2.45, 2.75) is 49.4 Å². The van der Waals surface area contributed by atoms with E-state index in [4.69, 9.17) is 16.3 Å². The zero-order chi connectivity index (χ0) is 25.9. The second-order valence-electron chi connectivity index (χ2n) is 10.0. The lowest BCUT2D eigenvalue weighted by Crippen LogP contribution is -2.47. The molecular weight excluding hydrogens is 511 g/mol. The van der Waals surface area contributed by atoms with Crippen LogP contribution in [0.4, 0.5) is 18.9 Å². The number of rotatable bonds is 5. The third kappa shape index (κ3) is 4.22. The maximum Gasteiger partial charge on any atom is 0.418 e. The Morgan fingerprint density at radius 3 is 2.68 bits per heavy atom. The number of imidazole rings is 1. The summed E-state index contributed by atoms with van der Waals surface area (Å²) in [4.78, 5) is 23.2. The Hall–Kier alpha value is -2.89. The molecule has 12 heteroatoms. The van der Waals surface area contributed by atoms with E-state index in [0.29, 0.717) is 50.3 Å². The number of amides is 1. The zero-order valence-corrected chi connectivity index (χ0v) is 20.5. The van der Waals surface area contributed by atoms with Crippen molar-refractivity contribution >= 4 is 34.4 Å². The largest absolute Gasteiger partial charge is 0.476 e. The van der Waals surface area contributed by atoms with Gasteiger partial charge in [0.2, 0.25) is 11.8 Å². The van der Waals surface area contributed by atoms with Gasteiger partial charge in [0.25, 0.3) is 0 Å². The van der Waals surface area contributed by atoms with Crippen LogP contribution >= 0.6 is 11.6 Å². The molecular formula is C25H25ClF3N5O3. The minimum Gasteiger partial charge on any atom is -0.476 e. The molecule has 196 valence electrons. The van der Waals surface area contributed by atoms with Crippen LogP contribution < -0.4 is 10.1 Å². The number of ether oxygens (including phenoxy) is 1. The number of hydrogen-bond donors (Lipinski definition) is 2. The molecule has 6 rings (SSSR count). The van der Waals surface area contributed by atoms with Crippen LogP contribution in [0.25, 0.3) is 11.2 Å². The molecule has 0 atom stereocenters. The van der Waals surface area contributed by atoms with Crippen molar-refractivity contribution in [1.82, 2.24) is 19.4 Å². The van der Waals surface area contributed by atoms with Crippen LogP contribution in [0.5, 0.6) is 5.88 Å². The van der Waals surface area contributed by atoms with E-state index >= 15 is 0 Å². The fourth-order valence-electron chi connectivity index (χ4n) is 5.69. The first-order chi connectivity index (χ1) is 17.6. The lowest BCUT2D eigenvalue weighted by atomic mass is 9.73. The van der Waals surface area contributed by atoms with E-state index in [1.807, 2.05) is 12.1 Å². The van der Waals surface area contributed by atoms with E-state index in [2.05, 4.69) is 20.2 Å². The zero-order valence-electron chi connectivity index (χ0n) is 19.8. The molecule has 0 radical (unpaired) electrons. The molecule has 1 spiro atoms. The van der Waals surface area contributed by atoms with Gasteiger partial charge in [0.05, 0.1) is 23.4 Å². The smallest absolute Gasteiger partial charge is 0.418 e. The number of nitrogens with zero attached hydrogens (tertiary/aromatic N) is 4. The highest BCUT2D eigenvalue weighted by atomic mass is 35.5. The summed E-state index contributed by atoms with van der Waals surface area (Å²) in [5.41, 5.74) is 0.138. The molecule has 0 unspecified atom stereocenters. The maximum atomic E-state index is 13.9. The Balaban J connectivity index is 1.12. The van der Waals surface area contributed by atoms with E-state index in [-0.39, 0.29) is 35.6 Å². The number of carbonyl (C=O) groups is 1. The second-order valence-corrected chi connectivity index (χ2v) is 10.5. The van der Waals surface area contributed by atoms with Crippen molar-refractivity contribution in [1.29, 1.82) is 0 Å². The third-order valence-electron chi connectivity index (χ3n) is 7.85. The summed E-state index contributed by atoms with van der Waals surface area (Å²) in [5.74, 6) is -0.153. The second kappa shape index (κ2) is 8.85. The van der Waals surface area contributed by atoms with Crippen LogP contribution in [0.3, 0.4) is 0 Å². The fourth-order valence-corrected chi connectivity index (χ4v) is 5.87. The highest BCUT2D eigenvalue weighted by Gasteiger charge is 2.48. The molecule has 8 nitrogen and oxygen atoms in total. The quantitative estimate of drug-likeness (QED) is 0.510. The fraction of sp³-hybridized carbons (Fsp3) is 0.480. The topological polar surface area (TPSA) is 92.5 Å². The summed E-state index contributed by atoms with van der Waals surface area (Å²) in [5, 5.41) is 13.1. The molecule has 3 aliphatic rings. The van der Waals surface area contributed by atoms with Gasteiger partial charge >= 0.3 is 6.18 Å². The number of piperidine rings is 1. The number of halogens is 4. The van der Waals surface area contributed by atoms with Crippen molar-refractivity contribution in [3.8, 4) is 5.88 Å². The highest BCUT2D eigenvalue weighted by molar-refractivity contribution is 6.31. The van der Waals surface area contributed by atoms with Gasteiger partial charge < -0.3 is 19.7 Å². The number of alkyl halides is 3. The summed E-state index contributed by atoms with van der Waals surface area (Å²) in [6.45, 7) is 1.91. The van der Waals surface area contributed by atoms with Crippen molar-refractivity contribution in [3.05, 3.63) is 46.7 Å². The van der Waals surface area contributed by atoms with E-state index < -0.39 is 23.3 Å². The van der Waals surface area contributed by atoms with E-state index in [1.165, 1.54) is 10.9 Å². The van der Waals surface area contributed by atoms with Crippen LogP contribution in [-0.2, 0) is 16.4 Å². The van der Waals surface area contributed by atoms with Gasteiger partial charge in [0.15, 0.2) is 5.65 Å². The first-order valence-electron chi connectivity index (χ1n) is 12.2. The van der Waals surface area contributed by atoms with Gasteiger partial charge in [0.1, 0.15) is 12.1 Å². The normalized spacial score (nSPS) is 23.2. The van der Waals surface area contributed by atoms with Crippen molar-refractivity contribution < 1.29 is 27.8 Å². The monoisotopic (exact) mass is 535 g/mol. The average Bonchev–Trinajstić information content (AvgIpc) is 3.36. The number of benzene rings is 1. The number of aliphatic hydroxyl groups excluding tert-OH is 1. The summed E-state index contributed by atoms with van der Waals surface area (Å²) < 4.78 is 48.8. The number of nitrogens with one attached hydrogen (secondary N) is 1. The predicted octanol–water partition coefficient (Wildman–Crippen LogP) is 4.16. The van der Waals surface area contributed by atoms with Gasteiger partial charge in [-0.25, -0.2) is 4.98 Å². The highest BCUT2D eigenvalue weighted by Crippen LogP contribution is 2.46. The SMILES string of the molecule is O=C1Nc2ccc(Cl)cc2C12CCN(CCOc1cc(C(F)(F)F)c3c(ncn3C3CC(O)C3)n1)CC2. The first kappa shape index (κ1) is 24.4. The molecule has 37 heavy (non-hydrogen) atoms. The van der Waals surface area contributed by atoms with Crippen LogP contribution in [0, 0.1) is 0 Å². The van der Waals surface area contributed by atoms with Crippen molar-refractivity contribution in [2.24, 2.45) is 0 Å². The van der Waals surface area contributed by atoms with Gasteiger partial charge in [-0.05, 0) is 62.5 Å². The minimum atomic E-state index is -4.61. The summed E-state index contributed by atoms with van der Waals surface area (Å²) in [6, 6.07) is 6.11. The summed E-state index contributed by atoms with van der Waals surface area (Å²) in [6.07, 6.45) is -1.77. The van der Waals surface area contributed by atoms with Crippen LogP contribution in [-0.4, -0.2) is 62.8 Å². The maximum absolute atomic E-state index is 13.9. The Bertz CT molecular complexity index is 1360. The molecule has 4 heterocycles. The van der Waals surface area contributed by atoms with E-state index in [9.17, 15) is 23.1 Å². The average molecular weight is 536 g/mol. The molecule has 3 aromatic rings. The van der Waals surface area contributed by atoms with Crippen molar-refractivity contribution in [2.75, 3.05) is 31.6 Å². The Kier molecular flexibility index (Phi) is 5.85. The molecule has 2 fully saturated rings. The number of carbonyl (C=O) groups excluding carboxylic acids is 1. The third-order valence-corrected chi connectivity index (χ3v) is 8.08. The minimum absolute atomic E-state index is 0.0197. The molecule has 2 aromatic heterocycles. The summed E-state index contributed by atoms with van der Waals surface area (Å²) >= 11 is 6.18. The van der Waals surface area contributed by atoms with Crippen LogP contribution in [0.2, 0.25) is 5.02 Å². The van der Waals surface area contributed by atoms with Crippen LogP contribution in [0.1, 0.15) is 42.9 Å². The van der Waals surface area contributed by atoms with Crippen LogP contribution in [0.15, 0.2) is 30.6 Å². The molecule has 1 amide bonds. The Morgan fingerprint density at radius 1 is 1.22 bits per heavy atom. The van der Waals surface area contributed by atoms with E-state index in [1.54, 1.807) is 6.07 Å². The predicted molar refractivity (Wildman–Crippen MR) is 130 cm³/mol. The van der Waals surface area contributed by atoms with Gasteiger partial charge in [0, 0.05) is 29.4 Å². The number of pyridine rings is 1. The number of hydrogen-bond acceptors (Lipinski definition) is 6. The van der Waals surface area contributed by atoms with Gasteiger partial charge in [-0.2, -0.15) is 18.2 Å². The number of anilines is 1. The Labute approximate surface area is 215 Å². The van der Waals surface area contributed by atoms with Gasteiger partial charge in [-0.3, -0.25) is 9.69 Å². The number of likely N-dealkylation sites (tertiary alicyclic amines) is 1. The standard InChI is InChI=1S/C25H25ClF3N5O3/c26-14-1-2-19-17(9-14)24(23(36)31-19)3-5-33(6-4-24)7-8-37-20-12-18(25(27,28)29)21-22(32-20)30-13-34(21)15-10-16(35)11-15/h1-2,9,12-13,15-16,35H,3-8,10-11H2,(H,31,36). The summed E-state index contributed by atoms with van der Waals surface area (Å²) in [7, 11) is 0. The molecule has 2 aliphatic heterocycles. The lowest BCUT2D eigenvalue weighted by molar-refractivity contribution is -0.136.